The number of hydrogen-bond acceptors (Lipinski definition) is 2. The van der Waals surface area contributed by atoms with E-state index in [1.165, 1.54) is 5.56 Å². The van der Waals surface area contributed by atoms with Crippen molar-refractivity contribution in [2.75, 3.05) is 0 Å². The average molecular weight is 325 g/mol. The lowest BCUT2D eigenvalue weighted by atomic mass is 9.95. The summed E-state index contributed by atoms with van der Waals surface area (Å²) in [5.74, 6) is 0.947. The Morgan fingerprint density at radius 1 is 0.950 bits per heavy atom. The van der Waals surface area contributed by atoms with Gasteiger partial charge in [0.15, 0.2) is 0 Å². The van der Waals surface area contributed by atoms with Crippen LogP contribution in [0.1, 0.15) is 24.2 Å². The summed E-state index contributed by atoms with van der Waals surface area (Å²) in [6.07, 6.45) is 4.20. The molecule has 3 aromatic rings. The highest BCUT2D eigenvalue weighted by atomic mass is 79.9. The number of aromatic nitrogens is 2. The number of para-hydroxylation sites is 1. The number of benzene rings is 2. The van der Waals surface area contributed by atoms with E-state index >= 15 is 0 Å². The van der Waals surface area contributed by atoms with Crippen molar-refractivity contribution in [2.45, 2.75) is 18.3 Å². The third-order valence-corrected chi connectivity index (χ3v) is 4.71. The van der Waals surface area contributed by atoms with Crippen LogP contribution in [0.5, 0.6) is 0 Å². The predicted octanol–water partition coefficient (Wildman–Crippen LogP) is 4.47. The highest BCUT2D eigenvalue weighted by Gasteiger charge is 2.48. The molecule has 20 heavy (non-hydrogen) atoms. The Hall–Kier alpha value is -1.74. The normalized spacial score (nSPS) is 16.2. The molecule has 2 nitrogen and oxygen atoms in total. The SMILES string of the molecule is Brc1cccc2cnc(C3(c4ccccc4)CC3)nc12. The zero-order valence-corrected chi connectivity index (χ0v) is 12.5. The Kier molecular flexibility index (Phi) is 2.64. The second-order valence-corrected chi connectivity index (χ2v) is 6.17. The largest absolute Gasteiger partial charge is 0.240 e. The maximum absolute atomic E-state index is 4.83. The molecule has 3 heteroatoms. The maximum atomic E-state index is 4.83. The van der Waals surface area contributed by atoms with Crippen LogP contribution in [0.15, 0.2) is 59.2 Å². The van der Waals surface area contributed by atoms with Crippen molar-refractivity contribution in [1.29, 1.82) is 0 Å². The fourth-order valence-corrected chi connectivity index (χ4v) is 3.24. The lowest BCUT2D eigenvalue weighted by Crippen LogP contribution is -2.13. The van der Waals surface area contributed by atoms with E-state index < -0.39 is 0 Å². The molecule has 1 heterocycles. The van der Waals surface area contributed by atoms with Crippen molar-refractivity contribution in [1.82, 2.24) is 9.97 Å². The Bertz CT molecular complexity index is 779. The van der Waals surface area contributed by atoms with Gasteiger partial charge in [-0.3, -0.25) is 0 Å². The van der Waals surface area contributed by atoms with Gasteiger partial charge in [-0.2, -0.15) is 0 Å². The maximum Gasteiger partial charge on any atom is 0.139 e. The Balaban J connectivity index is 1.89. The van der Waals surface area contributed by atoms with E-state index in [0.29, 0.717) is 0 Å². The van der Waals surface area contributed by atoms with Gasteiger partial charge in [0.2, 0.25) is 0 Å². The molecule has 98 valence electrons. The number of hydrogen-bond donors (Lipinski definition) is 0. The summed E-state index contributed by atoms with van der Waals surface area (Å²) < 4.78 is 1.03. The molecule has 0 atom stereocenters. The minimum Gasteiger partial charge on any atom is -0.240 e. The lowest BCUT2D eigenvalue weighted by molar-refractivity contribution is 0.763. The van der Waals surface area contributed by atoms with E-state index in [1.807, 2.05) is 24.4 Å². The monoisotopic (exact) mass is 324 g/mol. The molecular formula is C17H13BrN2. The van der Waals surface area contributed by atoms with Gasteiger partial charge in [0, 0.05) is 16.1 Å². The van der Waals surface area contributed by atoms with Crippen molar-refractivity contribution >= 4 is 26.8 Å². The van der Waals surface area contributed by atoms with E-state index in [0.717, 1.165) is 34.0 Å². The van der Waals surface area contributed by atoms with Crippen LogP contribution in [0.4, 0.5) is 0 Å². The predicted molar refractivity (Wildman–Crippen MR) is 83.7 cm³/mol. The Labute approximate surface area is 126 Å². The van der Waals surface area contributed by atoms with Crippen molar-refractivity contribution in [3.8, 4) is 0 Å². The molecule has 1 aliphatic rings. The van der Waals surface area contributed by atoms with Gasteiger partial charge in [-0.05, 0) is 40.4 Å². The first-order chi connectivity index (χ1) is 9.79. The van der Waals surface area contributed by atoms with Crippen LogP contribution in [0.3, 0.4) is 0 Å². The summed E-state index contributed by atoms with van der Waals surface area (Å²) in [5, 5.41) is 1.08. The van der Waals surface area contributed by atoms with E-state index in [1.54, 1.807) is 0 Å². The molecular weight excluding hydrogens is 312 g/mol. The topological polar surface area (TPSA) is 25.8 Å². The summed E-state index contributed by atoms with van der Waals surface area (Å²) in [5.41, 5.74) is 2.36. The standard InChI is InChI=1S/C17H13BrN2/c18-14-8-4-5-12-11-19-16(20-15(12)14)17(9-10-17)13-6-2-1-3-7-13/h1-8,11H,9-10H2. The van der Waals surface area contributed by atoms with Crippen LogP contribution in [0.25, 0.3) is 10.9 Å². The second kappa shape index (κ2) is 4.38. The third-order valence-electron chi connectivity index (χ3n) is 4.07. The first-order valence-corrected chi connectivity index (χ1v) is 7.56. The summed E-state index contributed by atoms with van der Waals surface area (Å²) in [4.78, 5) is 9.45. The quantitative estimate of drug-likeness (QED) is 0.695. The summed E-state index contributed by atoms with van der Waals surface area (Å²) >= 11 is 3.58. The smallest absolute Gasteiger partial charge is 0.139 e. The van der Waals surface area contributed by atoms with Crippen LogP contribution in [-0.4, -0.2) is 9.97 Å². The van der Waals surface area contributed by atoms with Crippen molar-refractivity contribution in [3.63, 3.8) is 0 Å². The molecule has 1 saturated carbocycles. The molecule has 0 spiro atoms. The fourth-order valence-electron chi connectivity index (χ4n) is 2.77. The van der Waals surface area contributed by atoms with Crippen molar-refractivity contribution < 1.29 is 0 Å². The van der Waals surface area contributed by atoms with Crippen molar-refractivity contribution in [2.24, 2.45) is 0 Å². The van der Waals surface area contributed by atoms with E-state index in [2.05, 4.69) is 51.2 Å². The zero-order chi connectivity index (χ0) is 13.6. The molecule has 0 radical (unpaired) electrons. The van der Waals surface area contributed by atoms with E-state index in [4.69, 9.17) is 4.98 Å². The first kappa shape index (κ1) is 12.0. The van der Waals surface area contributed by atoms with Gasteiger partial charge in [0.1, 0.15) is 5.82 Å². The molecule has 0 saturated heterocycles. The summed E-state index contributed by atoms with van der Waals surface area (Å²) in [7, 11) is 0. The number of nitrogens with zero attached hydrogens (tertiary/aromatic N) is 2. The molecule has 0 unspecified atom stereocenters. The zero-order valence-electron chi connectivity index (χ0n) is 10.9. The molecule has 0 amide bonds. The summed E-state index contributed by atoms with van der Waals surface area (Å²) in [6, 6.07) is 16.7. The van der Waals surface area contributed by atoms with Crippen LogP contribution in [-0.2, 0) is 5.41 Å². The average Bonchev–Trinajstić information content (AvgIpc) is 3.30. The molecule has 4 rings (SSSR count). The van der Waals surface area contributed by atoms with Gasteiger partial charge in [-0.25, -0.2) is 9.97 Å². The minimum absolute atomic E-state index is 0.0325. The second-order valence-electron chi connectivity index (χ2n) is 5.32. The minimum atomic E-state index is 0.0325. The number of fused-ring (bicyclic) bond motifs is 1. The van der Waals surface area contributed by atoms with Gasteiger partial charge in [-0.15, -0.1) is 0 Å². The van der Waals surface area contributed by atoms with Crippen LogP contribution in [0, 0.1) is 0 Å². The van der Waals surface area contributed by atoms with Gasteiger partial charge in [0.25, 0.3) is 0 Å². The highest BCUT2D eigenvalue weighted by Crippen LogP contribution is 2.52. The molecule has 0 N–H and O–H groups in total. The molecule has 0 bridgehead atoms. The molecule has 1 fully saturated rings. The fraction of sp³-hybridized carbons (Fsp3) is 0.176. The van der Waals surface area contributed by atoms with Gasteiger partial charge >= 0.3 is 0 Å². The van der Waals surface area contributed by atoms with E-state index in [-0.39, 0.29) is 5.41 Å². The molecule has 1 aromatic heterocycles. The molecule has 1 aliphatic carbocycles. The van der Waals surface area contributed by atoms with Gasteiger partial charge in [-0.1, -0.05) is 42.5 Å². The van der Waals surface area contributed by atoms with Gasteiger partial charge < -0.3 is 0 Å². The lowest BCUT2D eigenvalue weighted by Gasteiger charge is -2.14. The van der Waals surface area contributed by atoms with E-state index in [9.17, 15) is 0 Å². The Morgan fingerprint density at radius 2 is 1.75 bits per heavy atom. The highest BCUT2D eigenvalue weighted by molar-refractivity contribution is 9.10. The number of rotatable bonds is 2. The Morgan fingerprint density at radius 3 is 2.50 bits per heavy atom. The van der Waals surface area contributed by atoms with Crippen LogP contribution < -0.4 is 0 Å². The summed E-state index contributed by atoms with van der Waals surface area (Å²) in [6.45, 7) is 0. The van der Waals surface area contributed by atoms with Crippen molar-refractivity contribution in [3.05, 3.63) is 70.6 Å². The molecule has 0 aliphatic heterocycles. The first-order valence-electron chi connectivity index (χ1n) is 6.77. The van der Waals surface area contributed by atoms with Crippen LogP contribution >= 0.6 is 15.9 Å². The van der Waals surface area contributed by atoms with Crippen LogP contribution in [0.2, 0.25) is 0 Å². The third kappa shape index (κ3) is 1.77. The van der Waals surface area contributed by atoms with Gasteiger partial charge in [0.05, 0.1) is 10.9 Å². The number of halogens is 1. The molecule has 2 aromatic carbocycles.